The molecule has 5 rings (SSSR count). The zero-order valence-corrected chi connectivity index (χ0v) is 21.2. The second kappa shape index (κ2) is 10.3. The minimum Gasteiger partial charge on any atom is -0.462 e. The molecule has 1 saturated heterocycles. The number of esters is 1. The molecule has 0 radical (unpaired) electrons. The summed E-state index contributed by atoms with van der Waals surface area (Å²) in [7, 11) is 0. The third kappa shape index (κ3) is 4.68. The van der Waals surface area contributed by atoms with E-state index in [2.05, 4.69) is 4.99 Å². The van der Waals surface area contributed by atoms with Gasteiger partial charge in [-0.15, -0.1) is 0 Å². The van der Waals surface area contributed by atoms with Crippen molar-refractivity contribution in [3.63, 3.8) is 0 Å². The van der Waals surface area contributed by atoms with Crippen molar-refractivity contribution in [2.24, 2.45) is 4.99 Å². The summed E-state index contributed by atoms with van der Waals surface area (Å²) in [5, 5.41) is 0.437. The van der Waals surface area contributed by atoms with Gasteiger partial charge in [-0.2, -0.15) is 4.99 Å². The second-order valence-corrected chi connectivity index (χ2v) is 9.19. The predicted molar refractivity (Wildman–Crippen MR) is 138 cm³/mol. The zero-order chi connectivity index (χ0) is 26.1. The van der Waals surface area contributed by atoms with E-state index in [1.54, 1.807) is 48.0 Å². The van der Waals surface area contributed by atoms with E-state index < -0.39 is 11.9 Å². The molecule has 0 N–H and O–H groups in total. The fourth-order valence-electron chi connectivity index (χ4n) is 4.52. The fourth-order valence-corrected chi connectivity index (χ4v) is 4.74. The normalized spacial score (nSPS) is 16.0. The zero-order valence-electron chi connectivity index (χ0n) is 20.4. The van der Waals surface area contributed by atoms with E-state index in [1.165, 1.54) is 10.5 Å². The number of rotatable bonds is 5. The Hall–Kier alpha value is -3.82. The molecule has 1 fully saturated rings. The highest BCUT2D eigenvalue weighted by molar-refractivity contribution is 6.33. The van der Waals surface area contributed by atoms with Crippen molar-refractivity contribution < 1.29 is 19.1 Å². The molecular weight excluding hydrogens is 496 g/mol. The Morgan fingerprint density at radius 1 is 1.19 bits per heavy atom. The van der Waals surface area contributed by atoms with Crippen LogP contribution in [0.15, 0.2) is 58.4 Å². The van der Waals surface area contributed by atoms with Gasteiger partial charge in [-0.3, -0.25) is 14.0 Å². The molecule has 37 heavy (non-hydrogen) atoms. The van der Waals surface area contributed by atoms with E-state index in [0.29, 0.717) is 17.9 Å². The number of hydrogen-bond acceptors (Lipinski definition) is 6. The number of amides is 1. The number of benzene rings is 1. The van der Waals surface area contributed by atoms with Crippen molar-refractivity contribution in [3.05, 3.63) is 86.2 Å². The Morgan fingerprint density at radius 2 is 2.00 bits per heavy atom. The summed E-state index contributed by atoms with van der Waals surface area (Å²) in [6.45, 7) is 4.49. The lowest BCUT2D eigenvalue weighted by Gasteiger charge is -2.18. The van der Waals surface area contributed by atoms with Gasteiger partial charge in [0.15, 0.2) is 5.49 Å². The van der Waals surface area contributed by atoms with Crippen LogP contribution in [0.4, 0.5) is 0 Å². The van der Waals surface area contributed by atoms with Crippen LogP contribution in [0.3, 0.4) is 0 Å². The summed E-state index contributed by atoms with van der Waals surface area (Å²) in [5.74, 6) is -1.34. The summed E-state index contributed by atoms with van der Waals surface area (Å²) in [6.07, 6.45) is 3.09. The average Bonchev–Trinajstić information content (AvgIpc) is 3.40. The topological polar surface area (TPSA) is 104 Å². The molecule has 1 aromatic carbocycles. The first-order valence-electron chi connectivity index (χ1n) is 12.1. The van der Waals surface area contributed by atoms with Gasteiger partial charge < -0.3 is 14.0 Å². The molecule has 0 unspecified atom stereocenters. The van der Waals surface area contributed by atoms with Crippen LogP contribution in [-0.4, -0.2) is 45.1 Å². The number of fused-ring (bicyclic) bond motifs is 2. The molecule has 3 aromatic heterocycles. The lowest BCUT2D eigenvalue weighted by molar-refractivity contribution is 0.0521. The summed E-state index contributed by atoms with van der Waals surface area (Å²) >= 11 is 6.26. The number of aromatic nitrogens is 3. The molecule has 10 heteroatoms. The number of carbonyl (C=O) groups excluding carboxylic acids is 2. The molecule has 4 aromatic rings. The van der Waals surface area contributed by atoms with Gasteiger partial charge in [0.1, 0.15) is 16.9 Å². The first-order valence-corrected chi connectivity index (χ1v) is 12.4. The van der Waals surface area contributed by atoms with Gasteiger partial charge in [0.2, 0.25) is 0 Å². The number of pyridine rings is 2. The molecule has 1 aliphatic heterocycles. The lowest BCUT2D eigenvalue weighted by atomic mass is 10.1. The van der Waals surface area contributed by atoms with Crippen molar-refractivity contribution in [3.8, 4) is 0 Å². The summed E-state index contributed by atoms with van der Waals surface area (Å²) in [4.78, 5) is 49.1. The first kappa shape index (κ1) is 24.9. The van der Waals surface area contributed by atoms with Gasteiger partial charge in [-0.25, -0.2) is 9.78 Å². The smallest absolute Gasteiger partial charge is 0.341 e. The molecule has 0 aliphatic carbocycles. The van der Waals surface area contributed by atoms with Crippen LogP contribution in [0.5, 0.6) is 0 Å². The van der Waals surface area contributed by atoms with Crippen LogP contribution in [0.1, 0.15) is 46.0 Å². The predicted octanol–water partition coefficient (Wildman–Crippen LogP) is 3.71. The molecule has 0 spiro atoms. The quantitative estimate of drug-likeness (QED) is 0.293. The van der Waals surface area contributed by atoms with Gasteiger partial charge in [0, 0.05) is 12.8 Å². The highest BCUT2D eigenvalue weighted by Gasteiger charge is 2.24. The third-order valence-corrected chi connectivity index (χ3v) is 6.65. The Kier molecular flexibility index (Phi) is 6.90. The molecule has 1 atom stereocenters. The van der Waals surface area contributed by atoms with Crippen molar-refractivity contribution in [1.29, 1.82) is 0 Å². The monoisotopic (exact) mass is 520 g/mol. The van der Waals surface area contributed by atoms with E-state index in [9.17, 15) is 14.4 Å². The number of ether oxygens (including phenoxy) is 2. The van der Waals surface area contributed by atoms with Crippen LogP contribution < -0.4 is 11.0 Å². The van der Waals surface area contributed by atoms with Crippen LogP contribution in [0.25, 0.3) is 16.7 Å². The van der Waals surface area contributed by atoms with E-state index in [4.69, 9.17) is 26.1 Å². The van der Waals surface area contributed by atoms with E-state index in [-0.39, 0.29) is 51.8 Å². The number of nitrogens with zero attached hydrogens (tertiary/aromatic N) is 4. The van der Waals surface area contributed by atoms with Crippen LogP contribution in [0, 0.1) is 6.92 Å². The highest BCUT2D eigenvalue weighted by Crippen LogP contribution is 2.19. The van der Waals surface area contributed by atoms with Gasteiger partial charge in [0.05, 0.1) is 35.2 Å². The van der Waals surface area contributed by atoms with E-state index in [0.717, 1.165) is 18.4 Å². The molecular formula is C27H25ClN4O5. The van der Waals surface area contributed by atoms with Crippen molar-refractivity contribution in [2.45, 2.75) is 39.3 Å². The minimum absolute atomic E-state index is 0.0146. The molecule has 190 valence electrons. The third-order valence-electron chi connectivity index (χ3n) is 6.32. The van der Waals surface area contributed by atoms with Gasteiger partial charge in [-0.05, 0) is 56.5 Å². The summed E-state index contributed by atoms with van der Waals surface area (Å²) < 4.78 is 14.2. The van der Waals surface area contributed by atoms with Gasteiger partial charge >= 0.3 is 5.97 Å². The molecule has 0 saturated carbocycles. The lowest BCUT2D eigenvalue weighted by Crippen LogP contribution is -2.35. The van der Waals surface area contributed by atoms with Crippen molar-refractivity contribution >= 4 is 40.2 Å². The minimum atomic E-state index is -0.704. The number of carbonyl (C=O) groups is 2. The Balaban J connectivity index is 1.89. The number of hydrogen-bond donors (Lipinski definition) is 0. The van der Waals surface area contributed by atoms with E-state index >= 15 is 0 Å². The maximum Gasteiger partial charge on any atom is 0.341 e. The Labute approximate surface area is 217 Å². The van der Waals surface area contributed by atoms with E-state index in [1.807, 2.05) is 13.0 Å². The standard InChI is InChI=1S/C27H25ClN4O5/c1-3-36-27(35)20-14-19-23(29-22-16(2)8-6-12-31(22)26(19)34)32(15-17-9-7-13-37-17)24(20)30-25(33)18-10-4-5-11-21(18)28/h4-6,8,10-12,14,17H,3,7,9,13,15H2,1-2H3/t17-/m0/s1. The van der Waals surface area contributed by atoms with Crippen LogP contribution >= 0.6 is 11.6 Å². The Morgan fingerprint density at radius 3 is 2.73 bits per heavy atom. The molecule has 4 heterocycles. The first-order chi connectivity index (χ1) is 17.9. The SMILES string of the molecule is CCOC(=O)c1cc2c(=O)n3cccc(C)c3nc2n(C[C@@H]2CCCO2)c1=NC(=O)c1ccccc1Cl. The maximum absolute atomic E-state index is 13.6. The van der Waals surface area contributed by atoms with Crippen LogP contribution in [-0.2, 0) is 16.0 Å². The average molecular weight is 521 g/mol. The fraction of sp³-hybridized carbons (Fsp3) is 0.296. The van der Waals surface area contributed by atoms with Crippen molar-refractivity contribution in [1.82, 2.24) is 14.0 Å². The molecule has 9 nitrogen and oxygen atoms in total. The molecule has 1 amide bonds. The molecule has 1 aliphatic rings. The van der Waals surface area contributed by atoms with Crippen LogP contribution in [0.2, 0.25) is 5.02 Å². The summed E-state index contributed by atoms with van der Waals surface area (Å²) in [5.41, 5.74) is 1.42. The van der Waals surface area contributed by atoms with Crippen molar-refractivity contribution in [2.75, 3.05) is 13.2 Å². The number of halogens is 1. The highest BCUT2D eigenvalue weighted by atomic mass is 35.5. The maximum atomic E-state index is 13.6. The second-order valence-electron chi connectivity index (χ2n) is 8.78. The number of aryl methyl sites for hydroxylation is 1. The summed E-state index contributed by atoms with van der Waals surface area (Å²) in [6, 6.07) is 11.6. The largest absolute Gasteiger partial charge is 0.462 e. The van der Waals surface area contributed by atoms with Gasteiger partial charge in [0.25, 0.3) is 11.5 Å². The van der Waals surface area contributed by atoms with Gasteiger partial charge in [-0.1, -0.05) is 29.8 Å². The Bertz CT molecular complexity index is 1670. The molecule has 0 bridgehead atoms.